The number of nitrogens with one attached hydrogen (secondary N) is 1. The second-order valence-corrected chi connectivity index (χ2v) is 5.48. The van der Waals surface area contributed by atoms with Crippen molar-refractivity contribution < 1.29 is 4.74 Å². The predicted molar refractivity (Wildman–Crippen MR) is 86.8 cm³/mol. The SMILES string of the molecule is COCCc1ccccc1-n1c(=S)[nH]c2cc(Cl)cnc21. The van der Waals surface area contributed by atoms with Gasteiger partial charge in [-0.2, -0.15) is 0 Å². The zero-order valence-corrected chi connectivity index (χ0v) is 13.0. The van der Waals surface area contributed by atoms with Crippen LogP contribution < -0.4 is 0 Å². The number of halogens is 1. The molecule has 0 spiro atoms. The van der Waals surface area contributed by atoms with Crippen LogP contribution in [0.5, 0.6) is 0 Å². The highest BCUT2D eigenvalue weighted by Gasteiger charge is 2.11. The van der Waals surface area contributed by atoms with Crippen LogP contribution in [0.4, 0.5) is 0 Å². The molecule has 0 saturated heterocycles. The monoisotopic (exact) mass is 319 g/mol. The number of para-hydroxylation sites is 1. The zero-order chi connectivity index (χ0) is 14.8. The Morgan fingerprint density at radius 2 is 2.19 bits per heavy atom. The van der Waals surface area contributed by atoms with E-state index in [-0.39, 0.29) is 0 Å². The van der Waals surface area contributed by atoms with Crippen molar-refractivity contribution in [3.05, 3.63) is 51.9 Å². The summed E-state index contributed by atoms with van der Waals surface area (Å²) in [5, 5.41) is 0.582. The maximum atomic E-state index is 5.98. The minimum Gasteiger partial charge on any atom is -0.384 e. The molecule has 0 saturated carbocycles. The number of methoxy groups -OCH3 is 1. The Morgan fingerprint density at radius 1 is 1.38 bits per heavy atom. The standard InChI is InChI=1S/C15H14ClN3OS/c1-20-7-6-10-4-2-3-5-13(10)19-14-12(18-15(19)21)8-11(16)9-17-14/h2-5,8-9H,6-7H2,1H3,(H,18,21). The molecule has 0 unspecified atom stereocenters. The number of pyridine rings is 1. The lowest BCUT2D eigenvalue weighted by molar-refractivity contribution is 0.202. The smallest absolute Gasteiger partial charge is 0.184 e. The van der Waals surface area contributed by atoms with Gasteiger partial charge in [0.2, 0.25) is 0 Å². The second-order valence-electron chi connectivity index (χ2n) is 4.66. The molecule has 0 aliphatic carbocycles. The lowest BCUT2D eigenvalue weighted by atomic mass is 10.1. The Bertz CT molecular complexity index is 840. The minimum absolute atomic E-state index is 0.582. The van der Waals surface area contributed by atoms with Gasteiger partial charge in [0, 0.05) is 13.3 Å². The first kappa shape index (κ1) is 14.3. The van der Waals surface area contributed by atoms with Crippen LogP contribution in [0, 0.1) is 4.77 Å². The van der Waals surface area contributed by atoms with Gasteiger partial charge in [0.15, 0.2) is 10.4 Å². The van der Waals surface area contributed by atoms with Gasteiger partial charge in [-0.15, -0.1) is 0 Å². The molecule has 0 aliphatic rings. The van der Waals surface area contributed by atoms with E-state index >= 15 is 0 Å². The van der Waals surface area contributed by atoms with Gasteiger partial charge in [-0.05, 0) is 36.3 Å². The Kier molecular flexibility index (Phi) is 4.05. The number of ether oxygens (including phenoxy) is 1. The molecule has 0 fully saturated rings. The van der Waals surface area contributed by atoms with Crippen LogP contribution in [0.1, 0.15) is 5.56 Å². The summed E-state index contributed by atoms with van der Waals surface area (Å²) in [5.41, 5.74) is 3.78. The third-order valence-electron chi connectivity index (χ3n) is 3.30. The fraction of sp³-hybridized carbons (Fsp3) is 0.200. The van der Waals surface area contributed by atoms with E-state index in [1.165, 1.54) is 0 Å². The van der Waals surface area contributed by atoms with Crippen molar-refractivity contribution in [1.29, 1.82) is 0 Å². The summed E-state index contributed by atoms with van der Waals surface area (Å²) < 4.78 is 7.71. The van der Waals surface area contributed by atoms with Gasteiger partial charge in [0.1, 0.15) is 0 Å². The number of aromatic nitrogens is 3. The molecule has 3 rings (SSSR count). The number of hydrogen-bond acceptors (Lipinski definition) is 3. The summed E-state index contributed by atoms with van der Waals surface area (Å²) in [4.78, 5) is 7.55. The topological polar surface area (TPSA) is 42.8 Å². The molecule has 0 atom stereocenters. The van der Waals surface area contributed by atoms with Crippen LogP contribution in [0.25, 0.3) is 16.9 Å². The number of benzene rings is 1. The van der Waals surface area contributed by atoms with Crippen LogP contribution in [0.3, 0.4) is 0 Å². The zero-order valence-electron chi connectivity index (χ0n) is 11.5. The van der Waals surface area contributed by atoms with Gasteiger partial charge < -0.3 is 9.72 Å². The van der Waals surface area contributed by atoms with E-state index in [0.717, 1.165) is 28.8 Å². The first-order chi connectivity index (χ1) is 10.2. The third-order valence-corrected chi connectivity index (χ3v) is 3.79. The molecule has 3 aromatic rings. The van der Waals surface area contributed by atoms with Crippen molar-refractivity contribution in [3.63, 3.8) is 0 Å². The van der Waals surface area contributed by atoms with E-state index in [1.54, 1.807) is 13.3 Å². The minimum atomic E-state index is 0.582. The van der Waals surface area contributed by atoms with Gasteiger partial charge in [-0.3, -0.25) is 4.57 Å². The van der Waals surface area contributed by atoms with E-state index in [1.807, 2.05) is 28.8 Å². The number of aromatic amines is 1. The van der Waals surface area contributed by atoms with Crippen LogP contribution in [0.15, 0.2) is 36.5 Å². The molecule has 0 bridgehead atoms. The molecule has 6 heteroatoms. The summed E-state index contributed by atoms with van der Waals surface area (Å²) in [6, 6.07) is 9.93. The molecular formula is C15H14ClN3OS. The lowest BCUT2D eigenvalue weighted by Crippen LogP contribution is -2.03. The normalized spacial score (nSPS) is 11.1. The molecule has 2 heterocycles. The summed E-state index contributed by atoms with van der Waals surface area (Å²) >= 11 is 11.4. The van der Waals surface area contributed by atoms with Gasteiger partial charge in [-0.25, -0.2) is 4.98 Å². The first-order valence-corrected chi connectivity index (χ1v) is 7.33. The number of fused-ring (bicyclic) bond motifs is 1. The maximum absolute atomic E-state index is 5.98. The molecule has 2 aromatic heterocycles. The van der Waals surface area contributed by atoms with Crippen molar-refractivity contribution in [2.24, 2.45) is 0 Å². The summed E-state index contributed by atoms with van der Waals surface area (Å²) in [6.07, 6.45) is 2.44. The van der Waals surface area contributed by atoms with Gasteiger partial charge in [-0.1, -0.05) is 29.8 Å². The van der Waals surface area contributed by atoms with Crippen LogP contribution >= 0.6 is 23.8 Å². The van der Waals surface area contributed by atoms with Crippen molar-refractivity contribution >= 4 is 35.0 Å². The highest BCUT2D eigenvalue weighted by molar-refractivity contribution is 7.71. The van der Waals surface area contributed by atoms with Crippen LogP contribution in [-0.4, -0.2) is 28.3 Å². The van der Waals surface area contributed by atoms with Crippen LogP contribution in [0.2, 0.25) is 5.02 Å². The van der Waals surface area contributed by atoms with E-state index < -0.39 is 0 Å². The molecule has 1 aromatic carbocycles. The van der Waals surface area contributed by atoms with E-state index in [0.29, 0.717) is 16.4 Å². The fourth-order valence-corrected chi connectivity index (χ4v) is 2.80. The highest BCUT2D eigenvalue weighted by Crippen LogP contribution is 2.23. The molecule has 1 N–H and O–H groups in total. The quantitative estimate of drug-likeness (QED) is 0.741. The van der Waals surface area contributed by atoms with Gasteiger partial charge in [0.25, 0.3) is 0 Å². The van der Waals surface area contributed by atoms with E-state index in [9.17, 15) is 0 Å². The number of imidazole rings is 1. The molecule has 0 amide bonds. The molecule has 0 radical (unpaired) electrons. The Labute approximate surface area is 132 Å². The molecule has 108 valence electrons. The van der Waals surface area contributed by atoms with Gasteiger partial charge in [0.05, 0.1) is 22.8 Å². The van der Waals surface area contributed by atoms with Crippen LogP contribution in [-0.2, 0) is 11.2 Å². The molecule has 4 nitrogen and oxygen atoms in total. The number of hydrogen-bond donors (Lipinski definition) is 1. The Balaban J connectivity index is 2.21. The van der Waals surface area contributed by atoms with Crippen molar-refractivity contribution in [2.75, 3.05) is 13.7 Å². The summed E-state index contributed by atoms with van der Waals surface area (Å²) in [5.74, 6) is 0. The average molecular weight is 320 g/mol. The van der Waals surface area contributed by atoms with E-state index in [4.69, 9.17) is 28.6 Å². The number of nitrogens with zero attached hydrogens (tertiary/aromatic N) is 2. The molecule has 0 aliphatic heterocycles. The lowest BCUT2D eigenvalue weighted by Gasteiger charge is -2.10. The predicted octanol–water partition coefficient (Wildman–Crippen LogP) is 3.93. The van der Waals surface area contributed by atoms with Crippen molar-refractivity contribution in [3.8, 4) is 5.69 Å². The highest BCUT2D eigenvalue weighted by atomic mass is 35.5. The van der Waals surface area contributed by atoms with Crippen molar-refractivity contribution in [2.45, 2.75) is 6.42 Å². The van der Waals surface area contributed by atoms with Gasteiger partial charge >= 0.3 is 0 Å². The number of H-pyrrole nitrogens is 1. The third kappa shape index (κ3) is 2.72. The first-order valence-electron chi connectivity index (χ1n) is 6.54. The van der Waals surface area contributed by atoms with Crippen molar-refractivity contribution in [1.82, 2.24) is 14.5 Å². The Morgan fingerprint density at radius 3 is 3.00 bits per heavy atom. The largest absolute Gasteiger partial charge is 0.384 e. The van der Waals surface area contributed by atoms with E-state index in [2.05, 4.69) is 16.0 Å². The second kappa shape index (κ2) is 5.97. The number of rotatable bonds is 4. The maximum Gasteiger partial charge on any atom is 0.184 e. The summed E-state index contributed by atoms with van der Waals surface area (Å²) in [6.45, 7) is 0.659. The fourth-order valence-electron chi connectivity index (χ4n) is 2.35. The summed E-state index contributed by atoms with van der Waals surface area (Å²) in [7, 11) is 1.70. The molecular weight excluding hydrogens is 306 g/mol. The Hall–Kier alpha value is -1.69. The average Bonchev–Trinajstić information content (AvgIpc) is 2.80. The molecule has 21 heavy (non-hydrogen) atoms.